The Morgan fingerprint density at radius 3 is 1.65 bits per heavy atom. The van der Waals surface area contributed by atoms with Gasteiger partial charge in [-0.2, -0.15) is 0 Å². The van der Waals surface area contributed by atoms with Gasteiger partial charge >= 0.3 is 0 Å². The van der Waals surface area contributed by atoms with Gasteiger partial charge in [0.1, 0.15) is 0 Å². The van der Waals surface area contributed by atoms with E-state index in [0.29, 0.717) is 0 Å². The van der Waals surface area contributed by atoms with Crippen molar-refractivity contribution in [1.82, 2.24) is 0 Å². The van der Waals surface area contributed by atoms with Crippen LogP contribution in [0.3, 0.4) is 0 Å². The summed E-state index contributed by atoms with van der Waals surface area (Å²) in [6, 6.07) is 29.5. The lowest BCUT2D eigenvalue weighted by Gasteiger charge is -2.19. The van der Waals surface area contributed by atoms with Crippen LogP contribution in [0.25, 0.3) is 0 Å². The minimum Gasteiger partial charge on any atom is -0.387 e. The molecule has 2 atom stereocenters. The van der Waals surface area contributed by atoms with Crippen molar-refractivity contribution in [3.8, 4) is 11.8 Å². The second kappa shape index (κ2) is 7.45. The Morgan fingerprint density at radius 1 is 0.609 bits per heavy atom. The van der Waals surface area contributed by atoms with Gasteiger partial charge in [0.05, 0.1) is 12.0 Å². The Morgan fingerprint density at radius 2 is 1.09 bits per heavy atom. The minimum atomic E-state index is -0.658. The maximum Gasteiger partial charge on any atom is 0.0968 e. The summed E-state index contributed by atoms with van der Waals surface area (Å²) >= 11 is 0. The first kappa shape index (κ1) is 15.1. The van der Waals surface area contributed by atoms with Crippen LogP contribution < -0.4 is 0 Å². The summed E-state index contributed by atoms with van der Waals surface area (Å²) in [6.45, 7) is 0. The van der Waals surface area contributed by atoms with Gasteiger partial charge in [-0.3, -0.25) is 0 Å². The van der Waals surface area contributed by atoms with Gasteiger partial charge in [-0.05, 0) is 23.3 Å². The SMILES string of the molecule is O[C@H](c1ccccc1)[C@@H](C#Cc1ccccc1)c1ccccc1. The predicted octanol–water partition coefficient (Wildman–Crippen LogP) is 4.56. The monoisotopic (exact) mass is 298 g/mol. The molecule has 23 heavy (non-hydrogen) atoms. The van der Waals surface area contributed by atoms with Crippen LogP contribution >= 0.6 is 0 Å². The molecule has 3 rings (SSSR count). The first-order chi connectivity index (χ1) is 11.3. The number of rotatable bonds is 3. The fourth-order valence-electron chi connectivity index (χ4n) is 2.53. The number of benzene rings is 3. The first-order valence-corrected chi connectivity index (χ1v) is 7.69. The lowest BCUT2D eigenvalue weighted by atomic mass is 9.89. The topological polar surface area (TPSA) is 20.2 Å². The van der Waals surface area contributed by atoms with Gasteiger partial charge in [-0.1, -0.05) is 90.7 Å². The average molecular weight is 298 g/mol. The largest absolute Gasteiger partial charge is 0.387 e. The van der Waals surface area contributed by atoms with E-state index in [0.717, 1.165) is 16.7 Å². The lowest BCUT2D eigenvalue weighted by molar-refractivity contribution is 0.165. The molecule has 112 valence electrons. The highest BCUT2D eigenvalue weighted by atomic mass is 16.3. The molecule has 0 bridgehead atoms. The predicted molar refractivity (Wildman–Crippen MR) is 93.9 cm³/mol. The van der Waals surface area contributed by atoms with E-state index in [1.54, 1.807) is 0 Å². The molecule has 0 aliphatic carbocycles. The van der Waals surface area contributed by atoms with E-state index in [4.69, 9.17) is 0 Å². The highest BCUT2D eigenvalue weighted by molar-refractivity contribution is 5.40. The van der Waals surface area contributed by atoms with Gasteiger partial charge in [-0.25, -0.2) is 0 Å². The van der Waals surface area contributed by atoms with E-state index >= 15 is 0 Å². The second-order valence-corrected chi connectivity index (χ2v) is 5.38. The summed E-state index contributed by atoms with van der Waals surface area (Å²) in [5, 5.41) is 10.8. The number of hydrogen-bond acceptors (Lipinski definition) is 1. The molecule has 0 aliphatic heterocycles. The third-order valence-electron chi connectivity index (χ3n) is 3.76. The van der Waals surface area contributed by atoms with E-state index in [-0.39, 0.29) is 5.92 Å². The Balaban J connectivity index is 1.97. The van der Waals surface area contributed by atoms with Gasteiger partial charge in [0.25, 0.3) is 0 Å². The highest BCUT2D eigenvalue weighted by Gasteiger charge is 2.20. The summed E-state index contributed by atoms with van der Waals surface area (Å²) in [4.78, 5) is 0. The van der Waals surface area contributed by atoms with Crippen LogP contribution in [0.2, 0.25) is 0 Å². The Bertz CT molecular complexity index is 783. The molecular formula is C22H18O. The van der Waals surface area contributed by atoms with Crippen molar-refractivity contribution in [2.75, 3.05) is 0 Å². The van der Waals surface area contributed by atoms with E-state index in [1.807, 2.05) is 91.0 Å². The maximum absolute atomic E-state index is 10.8. The average Bonchev–Trinajstić information content (AvgIpc) is 2.64. The molecule has 0 amide bonds. The Hall–Kier alpha value is -2.82. The van der Waals surface area contributed by atoms with Crippen molar-refractivity contribution in [3.05, 3.63) is 108 Å². The van der Waals surface area contributed by atoms with Crippen LogP contribution in [0, 0.1) is 11.8 Å². The summed E-state index contributed by atoms with van der Waals surface area (Å²) in [6.07, 6.45) is -0.658. The van der Waals surface area contributed by atoms with Crippen LogP contribution in [0.5, 0.6) is 0 Å². The quantitative estimate of drug-likeness (QED) is 0.703. The van der Waals surface area contributed by atoms with Gasteiger partial charge in [-0.15, -0.1) is 0 Å². The van der Waals surface area contributed by atoms with Crippen LogP contribution in [-0.2, 0) is 0 Å². The van der Waals surface area contributed by atoms with Crippen LogP contribution in [0.4, 0.5) is 0 Å². The molecule has 1 N–H and O–H groups in total. The second-order valence-electron chi connectivity index (χ2n) is 5.38. The molecular weight excluding hydrogens is 280 g/mol. The number of hydrogen-bond donors (Lipinski definition) is 1. The molecule has 0 unspecified atom stereocenters. The summed E-state index contributed by atoms with van der Waals surface area (Å²) < 4.78 is 0. The van der Waals surface area contributed by atoms with Crippen molar-refractivity contribution in [3.63, 3.8) is 0 Å². The van der Waals surface area contributed by atoms with Crippen molar-refractivity contribution in [2.45, 2.75) is 12.0 Å². The molecule has 1 nitrogen and oxygen atoms in total. The molecule has 0 radical (unpaired) electrons. The van der Waals surface area contributed by atoms with Gasteiger partial charge in [0.15, 0.2) is 0 Å². The van der Waals surface area contributed by atoms with Crippen molar-refractivity contribution >= 4 is 0 Å². The van der Waals surface area contributed by atoms with Crippen LogP contribution in [-0.4, -0.2) is 5.11 Å². The third-order valence-corrected chi connectivity index (χ3v) is 3.76. The molecule has 0 aromatic heterocycles. The van der Waals surface area contributed by atoms with E-state index in [1.165, 1.54) is 0 Å². The molecule has 0 fully saturated rings. The Kier molecular flexibility index (Phi) is 4.88. The minimum absolute atomic E-state index is 0.265. The first-order valence-electron chi connectivity index (χ1n) is 7.69. The highest BCUT2D eigenvalue weighted by Crippen LogP contribution is 2.30. The number of aliphatic hydroxyl groups excluding tert-OH is 1. The van der Waals surface area contributed by atoms with Crippen molar-refractivity contribution in [2.24, 2.45) is 0 Å². The third kappa shape index (κ3) is 3.88. The summed E-state index contributed by atoms with van der Waals surface area (Å²) in [7, 11) is 0. The summed E-state index contributed by atoms with van der Waals surface area (Å²) in [5.41, 5.74) is 2.85. The molecule has 3 aromatic rings. The van der Waals surface area contributed by atoms with Crippen LogP contribution in [0.1, 0.15) is 28.7 Å². The fraction of sp³-hybridized carbons (Fsp3) is 0.0909. The Labute approximate surface area is 137 Å². The normalized spacial score (nSPS) is 12.7. The zero-order valence-corrected chi connectivity index (χ0v) is 12.8. The van der Waals surface area contributed by atoms with E-state index < -0.39 is 6.10 Å². The molecule has 0 heterocycles. The maximum atomic E-state index is 10.8. The molecule has 0 saturated carbocycles. The molecule has 0 spiro atoms. The van der Waals surface area contributed by atoms with Crippen molar-refractivity contribution < 1.29 is 5.11 Å². The molecule has 0 saturated heterocycles. The zero-order chi connectivity index (χ0) is 15.9. The standard InChI is InChI=1S/C22H18O/c23-22(20-14-8-3-9-15-20)21(19-12-6-2-7-13-19)17-16-18-10-4-1-5-11-18/h1-15,21-23H/t21-,22+/m0/s1. The molecule has 3 aromatic carbocycles. The molecule has 0 aliphatic rings. The smallest absolute Gasteiger partial charge is 0.0968 e. The fourth-order valence-corrected chi connectivity index (χ4v) is 2.53. The van der Waals surface area contributed by atoms with Crippen molar-refractivity contribution in [1.29, 1.82) is 0 Å². The van der Waals surface area contributed by atoms with Gasteiger partial charge in [0, 0.05) is 5.56 Å². The van der Waals surface area contributed by atoms with Gasteiger partial charge < -0.3 is 5.11 Å². The zero-order valence-electron chi connectivity index (χ0n) is 12.8. The summed E-state index contributed by atoms with van der Waals surface area (Å²) in [5.74, 6) is 6.17. The molecule has 1 heteroatoms. The van der Waals surface area contributed by atoms with Crippen LogP contribution in [0.15, 0.2) is 91.0 Å². The lowest BCUT2D eigenvalue weighted by Crippen LogP contribution is -2.09. The number of aliphatic hydroxyl groups is 1. The van der Waals surface area contributed by atoms with E-state index in [2.05, 4.69) is 11.8 Å². The van der Waals surface area contributed by atoms with Gasteiger partial charge in [0.2, 0.25) is 0 Å². The van der Waals surface area contributed by atoms with E-state index in [9.17, 15) is 5.11 Å².